The van der Waals surface area contributed by atoms with Gasteiger partial charge in [0.2, 0.25) is 5.88 Å². The van der Waals surface area contributed by atoms with Crippen molar-refractivity contribution in [2.75, 3.05) is 19.6 Å². The molecule has 0 spiro atoms. The van der Waals surface area contributed by atoms with Crippen molar-refractivity contribution in [2.45, 2.75) is 45.9 Å². The van der Waals surface area contributed by atoms with Crippen molar-refractivity contribution in [1.82, 2.24) is 9.88 Å². The quantitative estimate of drug-likeness (QED) is 0.849. The van der Waals surface area contributed by atoms with E-state index >= 15 is 0 Å². The normalized spacial score (nSPS) is 17.0. The van der Waals surface area contributed by atoms with Gasteiger partial charge in [0.05, 0.1) is 6.54 Å². The van der Waals surface area contributed by atoms with Crippen LogP contribution in [0.15, 0.2) is 18.3 Å². The van der Waals surface area contributed by atoms with E-state index < -0.39 is 12.7 Å². The summed E-state index contributed by atoms with van der Waals surface area (Å²) in [6, 6.07) is 3.71. The van der Waals surface area contributed by atoms with Gasteiger partial charge in [-0.1, -0.05) is 13.8 Å². The number of hydrogen-bond acceptors (Lipinski definition) is 3. The highest BCUT2D eigenvalue weighted by atomic mass is 19.4. The Bertz CT molecular complexity index is 416. The molecule has 21 heavy (non-hydrogen) atoms. The van der Waals surface area contributed by atoms with Crippen LogP contribution in [0.25, 0.3) is 0 Å². The molecule has 120 valence electrons. The number of pyridine rings is 1. The summed E-state index contributed by atoms with van der Waals surface area (Å²) in [5.41, 5.74) is 1.06. The van der Waals surface area contributed by atoms with Crippen molar-refractivity contribution in [2.24, 2.45) is 0 Å². The van der Waals surface area contributed by atoms with E-state index in [4.69, 9.17) is 4.74 Å². The van der Waals surface area contributed by atoms with Gasteiger partial charge in [-0.05, 0) is 31.4 Å². The molecule has 1 aromatic rings. The molecule has 0 N–H and O–H groups in total. The van der Waals surface area contributed by atoms with Crippen LogP contribution in [0.4, 0.5) is 13.2 Å². The van der Waals surface area contributed by atoms with E-state index in [1.54, 1.807) is 6.20 Å². The van der Waals surface area contributed by atoms with Gasteiger partial charge in [-0.25, -0.2) is 4.98 Å². The number of aromatic nitrogens is 1. The molecule has 1 fully saturated rings. The molecule has 0 aliphatic carbocycles. The first-order valence-corrected chi connectivity index (χ1v) is 7.31. The number of alkyl halides is 3. The molecule has 2 rings (SSSR count). The summed E-state index contributed by atoms with van der Waals surface area (Å²) in [6.45, 7) is 5.94. The lowest BCUT2D eigenvalue weighted by molar-refractivity contribution is -0.149. The van der Waals surface area contributed by atoms with E-state index in [0.29, 0.717) is 31.8 Å². The number of likely N-dealkylation sites (tertiary alicyclic amines) is 1. The summed E-state index contributed by atoms with van der Waals surface area (Å²) in [7, 11) is 0. The molecule has 1 aliphatic rings. The van der Waals surface area contributed by atoms with Crippen LogP contribution in [-0.4, -0.2) is 41.8 Å². The van der Waals surface area contributed by atoms with E-state index in [9.17, 15) is 13.2 Å². The molecule has 0 bridgehead atoms. The van der Waals surface area contributed by atoms with Crippen LogP contribution >= 0.6 is 0 Å². The van der Waals surface area contributed by atoms with Gasteiger partial charge >= 0.3 is 6.18 Å². The molecule has 1 aliphatic heterocycles. The Morgan fingerprint density at radius 2 is 1.90 bits per heavy atom. The van der Waals surface area contributed by atoms with Crippen molar-refractivity contribution in [3.8, 4) is 5.88 Å². The highest BCUT2D eigenvalue weighted by Gasteiger charge is 2.32. The largest absolute Gasteiger partial charge is 0.474 e. The molecular formula is C15H23F3N2O. The zero-order valence-electron chi connectivity index (χ0n) is 12.8. The van der Waals surface area contributed by atoms with Gasteiger partial charge in [0.1, 0.15) is 6.10 Å². The minimum absolute atomic E-state index is 0.0428. The van der Waals surface area contributed by atoms with Gasteiger partial charge in [-0.15, -0.1) is 0 Å². The zero-order valence-corrected chi connectivity index (χ0v) is 12.8. The number of rotatable bonds is 3. The molecule has 1 aromatic heterocycles. The maximum atomic E-state index is 12.2. The maximum absolute atomic E-state index is 12.2. The average molecular weight is 304 g/mol. The summed E-state index contributed by atoms with van der Waals surface area (Å²) in [5, 5.41) is 0. The van der Waals surface area contributed by atoms with Gasteiger partial charge in [-0.3, -0.25) is 4.90 Å². The van der Waals surface area contributed by atoms with Crippen LogP contribution in [0.5, 0.6) is 5.88 Å². The molecule has 1 saturated heterocycles. The van der Waals surface area contributed by atoms with Crippen molar-refractivity contribution >= 4 is 0 Å². The molecule has 0 unspecified atom stereocenters. The predicted molar refractivity (Wildman–Crippen MR) is 76.5 cm³/mol. The number of hydrogen-bond donors (Lipinski definition) is 0. The molecule has 2 heterocycles. The van der Waals surface area contributed by atoms with Gasteiger partial charge in [-0.2, -0.15) is 13.2 Å². The third-order valence-corrected chi connectivity index (χ3v) is 3.12. The van der Waals surface area contributed by atoms with Crippen LogP contribution in [0.2, 0.25) is 0 Å². The third-order valence-electron chi connectivity index (χ3n) is 3.12. The highest BCUT2D eigenvalue weighted by Crippen LogP contribution is 2.22. The van der Waals surface area contributed by atoms with E-state index in [1.807, 2.05) is 32.9 Å². The van der Waals surface area contributed by atoms with E-state index in [0.717, 1.165) is 5.56 Å². The molecule has 0 aromatic carbocycles. The number of nitrogens with zero attached hydrogens (tertiary/aromatic N) is 2. The number of halogens is 3. The van der Waals surface area contributed by atoms with E-state index in [1.165, 1.54) is 4.90 Å². The van der Waals surface area contributed by atoms with E-state index in [-0.39, 0.29) is 6.10 Å². The van der Waals surface area contributed by atoms with Crippen LogP contribution < -0.4 is 4.74 Å². The van der Waals surface area contributed by atoms with Crippen molar-refractivity contribution in [1.29, 1.82) is 0 Å². The van der Waals surface area contributed by atoms with E-state index in [2.05, 4.69) is 4.98 Å². The van der Waals surface area contributed by atoms with Crippen molar-refractivity contribution in [3.05, 3.63) is 23.9 Å². The molecular weight excluding hydrogens is 281 g/mol. The Morgan fingerprint density at radius 1 is 1.29 bits per heavy atom. The van der Waals surface area contributed by atoms with Gasteiger partial charge in [0.25, 0.3) is 0 Å². The summed E-state index contributed by atoms with van der Waals surface area (Å²) < 4.78 is 42.4. The summed E-state index contributed by atoms with van der Waals surface area (Å²) in [5.74, 6) is 0.550. The SMILES string of the molecule is CC.Cc1ccnc(OC2CCN(CC(F)(F)F)CC2)c1. The Kier molecular flexibility index (Phi) is 6.95. The summed E-state index contributed by atoms with van der Waals surface area (Å²) in [6.07, 6.45) is -1.29. The smallest absolute Gasteiger partial charge is 0.401 e. The Hall–Kier alpha value is -1.30. The lowest BCUT2D eigenvalue weighted by Crippen LogP contribution is -2.42. The summed E-state index contributed by atoms with van der Waals surface area (Å²) >= 11 is 0. The standard InChI is InChI=1S/C13H17F3N2O.C2H6/c1-10-2-5-17-12(8-10)19-11-3-6-18(7-4-11)9-13(14,15)16;1-2/h2,5,8,11H,3-4,6-7,9H2,1H3;1-2H3. The van der Waals surface area contributed by atoms with Gasteiger partial charge in [0, 0.05) is 25.4 Å². The van der Waals surface area contributed by atoms with Crippen LogP contribution in [0.3, 0.4) is 0 Å². The predicted octanol–water partition coefficient (Wildman–Crippen LogP) is 3.82. The van der Waals surface area contributed by atoms with Gasteiger partial charge < -0.3 is 4.74 Å². The number of piperidine rings is 1. The molecule has 0 amide bonds. The third kappa shape index (κ3) is 6.80. The maximum Gasteiger partial charge on any atom is 0.401 e. The number of aryl methyl sites for hydroxylation is 1. The topological polar surface area (TPSA) is 25.4 Å². The monoisotopic (exact) mass is 304 g/mol. The fourth-order valence-electron chi connectivity index (χ4n) is 2.18. The molecule has 3 nitrogen and oxygen atoms in total. The summed E-state index contributed by atoms with van der Waals surface area (Å²) in [4.78, 5) is 5.52. The fourth-order valence-corrected chi connectivity index (χ4v) is 2.18. The Morgan fingerprint density at radius 3 is 2.43 bits per heavy atom. The average Bonchev–Trinajstić information content (AvgIpc) is 2.42. The second-order valence-electron chi connectivity index (χ2n) is 4.88. The van der Waals surface area contributed by atoms with Gasteiger partial charge in [0.15, 0.2) is 0 Å². The van der Waals surface area contributed by atoms with Crippen LogP contribution in [0, 0.1) is 6.92 Å². The first-order chi connectivity index (χ1) is 9.92. The molecule has 0 saturated carbocycles. The Balaban J connectivity index is 0.00000106. The highest BCUT2D eigenvalue weighted by molar-refractivity contribution is 5.18. The van der Waals surface area contributed by atoms with Crippen LogP contribution in [0.1, 0.15) is 32.3 Å². The molecule has 0 radical (unpaired) electrons. The molecule has 0 atom stereocenters. The van der Waals surface area contributed by atoms with Crippen molar-refractivity contribution in [3.63, 3.8) is 0 Å². The minimum Gasteiger partial charge on any atom is -0.474 e. The van der Waals surface area contributed by atoms with Crippen molar-refractivity contribution < 1.29 is 17.9 Å². The Labute approximate surface area is 124 Å². The lowest BCUT2D eigenvalue weighted by Gasteiger charge is -2.32. The second-order valence-corrected chi connectivity index (χ2v) is 4.88. The first-order valence-electron chi connectivity index (χ1n) is 7.31. The number of ether oxygens (including phenoxy) is 1. The first kappa shape index (κ1) is 17.8. The minimum atomic E-state index is -4.12. The second kappa shape index (κ2) is 8.22. The molecule has 6 heteroatoms. The lowest BCUT2D eigenvalue weighted by atomic mass is 10.1. The zero-order chi connectivity index (χ0) is 15.9. The van der Waals surface area contributed by atoms with Crippen LogP contribution in [-0.2, 0) is 0 Å². The fraction of sp³-hybridized carbons (Fsp3) is 0.667.